The van der Waals surface area contributed by atoms with Crippen molar-refractivity contribution in [2.75, 3.05) is 29.9 Å². The molecule has 1 saturated heterocycles. The highest BCUT2D eigenvalue weighted by molar-refractivity contribution is 9.10. The van der Waals surface area contributed by atoms with E-state index in [2.05, 4.69) is 20.9 Å². The lowest BCUT2D eigenvalue weighted by Crippen LogP contribution is -2.42. The number of nitrogens with zero attached hydrogens (tertiary/aromatic N) is 3. The summed E-state index contributed by atoms with van der Waals surface area (Å²) in [4.78, 5) is 20.3. The number of benzene rings is 1. The molecule has 0 unspecified atom stereocenters. The number of hydrogen-bond donors (Lipinski definition) is 0. The van der Waals surface area contributed by atoms with Crippen LogP contribution in [0, 0.1) is 12.8 Å². The van der Waals surface area contributed by atoms with Crippen LogP contribution in [-0.2, 0) is 11.0 Å². The minimum atomic E-state index is -4.48. The molecule has 3 rings (SSSR count). The number of aromatic nitrogens is 1. The van der Waals surface area contributed by atoms with Gasteiger partial charge in [-0.3, -0.25) is 4.79 Å². The molecule has 1 aromatic heterocycles. The van der Waals surface area contributed by atoms with Gasteiger partial charge in [-0.2, -0.15) is 13.2 Å². The number of hydrogen-bond acceptors (Lipinski definition) is 3. The van der Waals surface area contributed by atoms with Crippen LogP contribution in [0.2, 0.25) is 5.02 Å². The number of anilines is 2. The van der Waals surface area contributed by atoms with E-state index >= 15 is 0 Å². The number of aryl methyl sites for hydroxylation is 1. The van der Waals surface area contributed by atoms with Crippen molar-refractivity contribution in [1.82, 2.24) is 4.98 Å². The quantitative estimate of drug-likeness (QED) is 0.553. The third-order valence-electron chi connectivity index (χ3n) is 5.14. The second-order valence-corrected chi connectivity index (χ2v) is 8.44. The zero-order chi connectivity index (χ0) is 21.3. The SMILES string of the molecule is Cc1cc(Br)ccc1N(C)C(=O)C1CCN(c2ncc(C(F)(F)F)cc2Cl)CC1. The second-order valence-electron chi connectivity index (χ2n) is 7.12. The summed E-state index contributed by atoms with van der Waals surface area (Å²) in [5.74, 6) is 0.191. The van der Waals surface area contributed by atoms with Gasteiger partial charge in [0.1, 0.15) is 5.82 Å². The number of piperidine rings is 1. The summed E-state index contributed by atoms with van der Waals surface area (Å²) in [7, 11) is 1.76. The first kappa shape index (κ1) is 21.9. The molecule has 29 heavy (non-hydrogen) atoms. The van der Waals surface area contributed by atoms with Crippen molar-refractivity contribution in [3.05, 3.63) is 51.1 Å². The fraction of sp³-hybridized carbons (Fsp3) is 0.400. The Morgan fingerprint density at radius 2 is 1.93 bits per heavy atom. The van der Waals surface area contributed by atoms with Crippen molar-refractivity contribution >= 4 is 44.9 Å². The van der Waals surface area contributed by atoms with E-state index in [9.17, 15) is 18.0 Å². The molecule has 1 aliphatic rings. The fourth-order valence-electron chi connectivity index (χ4n) is 3.54. The smallest absolute Gasteiger partial charge is 0.355 e. The molecule has 0 spiro atoms. The topological polar surface area (TPSA) is 36.4 Å². The van der Waals surface area contributed by atoms with Crippen LogP contribution in [0.25, 0.3) is 0 Å². The maximum atomic E-state index is 12.9. The van der Waals surface area contributed by atoms with Gasteiger partial charge in [-0.15, -0.1) is 0 Å². The molecule has 1 aromatic carbocycles. The number of amides is 1. The zero-order valence-corrected chi connectivity index (χ0v) is 18.3. The molecule has 2 aromatic rings. The highest BCUT2D eigenvalue weighted by atomic mass is 79.9. The predicted octanol–water partition coefficient (Wildman–Crippen LogP) is 5.70. The number of halogens is 5. The van der Waals surface area contributed by atoms with Crippen LogP contribution < -0.4 is 9.80 Å². The first-order chi connectivity index (χ1) is 13.6. The summed E-state index contributed by atoms with van der Waals surface area (Å²) in [6.07, 6.45) is -2.53. The van der Waals surface area contributed by atoms with Crippen LogP contribution >= 0.6 is 27.5 Å². The van der Waals surface area contributed by atoms with Crippen LogP contribution in [0.5, 0.6) is 0 Å². The number of rotatable bonds is 3. The van der Waals surface area contributed by atoms with Gasteiger partial charge >= 0.3 is 6.18 Å². The van der Waals surface area contributed by atoms with Gasteiger partial charge in [0.2, 0.25) is 5.91 Å². The van der Waals surface area contributed by atoms with Crippen molar-refractivity contribution < 1.29 is 18.0 Å². The van der Waals surface area contributed by atoms with Gasteiger partial charge in [0.15, 0.2) is 0 Å². The highest BCUT2D eigenvalue weighted by Gasteiger charge is 2.33. The summed E-state index contributed by atoms with van der Waals surface area (Å²) >= 11 is 9.47. The summed E-state index contributed by atoms with van der Waals surface area (Å²) in [6, 6.07) is 6.65. The summed E-state index contributed by atoms with van der Waals surface area (Å²) in [6.45, 7) is 2.95. The van der Waals surface area contributed by atoms with E-state index in [-0.39, 0.29) is 16.8 Å². The first-order valence-electron chi connectivity index (χ1n) is 9.09. The Bertz CT molecular complexity index is 914. The molecule has 0 bridgehead atoms. The molecule has 1 fully saturated rings. The van der Waals surface area contributed by atoms with Gasteiger partial charge in [-0.1, -0.05) is 27.5 Å². The van der Waals surface area contributed by atoms with Crippen LogP contribution in [0.1, 0.15) is 24.0 Å². The molecule has 9 heteroatoms. The fourth-order valence-corrected chi connectivity index (χ4v) is 4.31. The Hall–Kier alpha value is -1.80. The van der Waals surface area contributed by atoms with Crippen LogP contribution in [0.15, 0.2) is 34.9 Å². The van der Waals surface area contributed by atoms with Crippen molar-refractivity contribution in [2.24, 2.45) is 5.92 Å². The zero-order valence-electron chi connectivity index (χ0n) is 15.9. The minimum Gasteiger partial charge on any atom is -0.355 e. The standard InChI is InChI=1S/C20H20BrClF3N3O/c1-12-9-15(21)3-4-17(12)27(2)19(29)13-5-7-28(8-6-13)18-16(22)10-14(11-26-18)20(23,24)25/h3-4,9-11,13H,5-8H2,1-2H3. The Morgan fingerprint density at radius 1 is 1.28 bits per heavy atom. The van der Waals surface area contributed by atoms with Crippen molar-refractivity contribution in [3.8, 4) is 0 Å². The van der Waals surface area contributed by atoms with Gasteiger partial charge in [0.25, 0.3) is 0 Å². The molecule has 0 N–H and O–H groups in total. The van der Waals surface area contributed by atoms with E-state index in [0.717, 1.165) is 28.0 Å². The molecule has 0 aliphatic carbocycles. The lowest BCUT2D eigenvalue weighted by atomic mass is 9.95. The molecule has 0 saturated carbocycles. The molecule has 156 valence electrons. The van der Waals surface area contributed by atoms with Crippen molar-refractivity contribution in [3.63, 3.8) is 0 Å². The Labute approximate surface area is 180 Å². The molecule has 1 aliphatic heterocycles. The molecule has 2 heterocycles. The van der Waals surface area contributed by atoms with Gasteiger partial charge in [0, 0.05) is 42.4 Å². The largest absolute Gasteiger partial charge is 0.417 e. The average molecular weight is 491 g/mol. The summed E-state index contributed by atoms with van der Waals surface area (Å²) in [5, 5.41) is -0.0350. The third kappa shape index (κ3) is 4.86. The lowest BCUT2D eigenvalue weighted by Gasteiger charge is -2.34. The van der Waals surface area contributed by atoms with Gasteiger partial charge in [-0.05, 0) is 49.6 Å². The van der Waals surface area contributed by atoms with Gasteiger partial charge in [-0.25, -0.2) is 4.98 Å². The predicted molar refractivity (Wildman–Crippen MR) is 111 cm³/mol. The molecule has 4 nitrogen and oxygen atoms in total. The maximum Gasteiger partial charge on any atom is 0.417 e. The Balaban J connectivity index is 1.66. The van der Waals surface area contributed by atoms with Gasteiger partial charge < -0.3 is 9.80 Å². The summed E-state index contributed by atoms with van der Waals surface area (Å²) in [5.41, 5.74) is 0.976. The number of pyridine rings is 1. The van der Waals surface area contributed by atoms with Crippen molar-refractivity contribution in [2.45, 2.75) is 25.9 Å². The van der Waals surface area contributed by atoms with Gasteiger partial charge in [0.05, 0.1) is 10.6 Å². The maximum absolute atomic E-state index is 12.9. The minimum absolute atomic E-state index is 0.0292. The molecule has 0 radical (unpaired) electrons. The average Bonchev–Trinajstić information content (AvgIpc) is 2.66. The summed E-state index contributed by atoms with van der Waals surface area (Å²) < 4.78 is 39.3. The van der Waals surface area contributed by atoms with Crippen LogP contribution in [-0.4, -0.2) is 31.0 Å². The number of carbonyl (C=O) groups is 1. The van der Waals surface area contributed by atoms with E-state index in [1.54, 1.807) is 11.9 Å². The number of alkyl halides is 3. The first-order valence-corrected chi connectivity index (χ1v) is 10.3. The van der Waals surface area contributed by atoms with E-state index in [0.29, 0.717) is 31.7 Å². The lowest BCUT2D eigenvalue weighted by molar-refractivity contribution is -0.137. The molecule has 0 atom stereocenters. The van der Waals surface area contributed by atoms with E-state index in [1.165, 1.54) is 0 Å². The van der Waals surface area contributed by atoms with E-state index in [1.807, 2.05) is 30.0 Å². The van der Waals surface area contributed by atoms with Crippen LogP contribution in [0.4, 0.5) is 24.7 Å². The Morgan fingerprint density at radius 3 is 2.48 bits per heavy atom. The van der Waals surface area contributed by atoms with E-state index in [4.69, 9.17) is 11.6 Å². The molecular formula is C20H20BrClF3N3O. The normalized spacial score (nSPS) is 15.5. The number of carbonyl (C=O) groups excluding carboxylic acids is 1. The molecular weight excluding hydrogens is 471 g/mol. The second kappa shape index (κ2) is 8.52. The monoisotopic (exact) mass is 489 g/mol. The van der Waals surface area contributed by atoms with E-state index < -0.39 is 11.7 Å². The van der Waals surface area contributed by atoms with Crippen molar-refractivity contribution in [1.29, 1.82) is 0 Å². The molecule has 1 amide bonds. The third-order valence-corrected chi connectivity index (χ3v) is 5.91. The highest BCUT2D eigenvalue weighted by Crippen LogP contribution is 2.35. The Kier molecular flexibility index (Phi) is 6.43. The van der Waals surface area contributed by atoms with Crippen LogP contribution in [0.3, 0.4) is 0 Å².